The average molecular weight is 535 g/mol. The van der Waals surface area contributed by atoms with E-state index in [1.54, 1.807) is 24.3 Å². The van der Waals surface area contributed by atoms with Gasteiger partial charge in [0.15, 0.2) is 0 Å². The first kappa shape index (κ1) is 30.7. The Kier molecular flexibility index (Phi) is 11.5. The molecule has 0 saturated carbocycles. The molecule has 0 heterocycles. The van der Waals surface area contributed by atoms with Gasteiger partial charge < -0.3 is 15.9 Å². The summed E-state index contributed by atoms with van der Waals surface area (Å²) < 4.78 is 0. The van der Waals surface area contributed by atoms with E-state index < -0.39 is 0 Å². The van der Waals surface area contributed by atoms with E-state index in [-0.39, 0.29) is 60.0 Å². The first-order chi connectivity index (χ1) is 15.6. The number of rotatable bonds is 4. The number of hydrogen-bond acceptors (Lipinski definition) is 3. The van der Waals surface area contributed by atoms with E-state index in [1.807, 2.05) is 36.4 Å². The molecule has 4 aromatic carbocycles. The predicted molar refractivity (Wildman–Crippen MR) is 138 cm³/mol. The molecule has 0 saturated heterocycles. The maximum absolute atomic E-state index is 10.6. The Hall–Kier alpha value is -2.29. The van der Waals surface area contributed by atoms with Gasteiger partial charge in [-0.25, -0.2) is 0 Å². The minimum atomic E-state index is -0.270. The van der Waals surface area contributed by atoms with Crippen molar-refractivity contribution < 1.29 is 53.6 Å². The van der Waals surface area contributed by atoms with Gasteiger partial charge in [-0.15, -0.1) is 0 Å². The second kappa shape index (κ2) is 13.1. The van der Waals surface area contributed by atoms with Crippen LogP contribution >= 0.6 is 0 Å². The van der Waals surface area contributed by atoms with Crippen LogP contribution in [0.25, 0.3) is 0 Å². The fourth-order valence-corrected chi connectivity index (χ4v) is 3.94. The number of aromatic hydroxyl groups is 2. The fraction of sp³-hybridized carbons (Fsp3) is 0.200. The third-order valence-electron chi connectivity index (χ3n) is 6.32. The molecule has 0 spiro atoms. The third kappa shape index (κ3) is 7.35. The van der Waals surface area contributed by atoms with Crippen molar-refractivity contribution in [1.82, 2.24) is 0 Å². The van der Waals surface area contributed by atoms with E-state index in [2.05, 4.69) is 70.2 Å². The molecule has 4 N–H and O–H groups in total. The zero-order chi connectivity index (χ0) is 24.1. The SMILES string of the molecule is CC(C)(c1ccccc1)c1ccc(O)c(C(C)(C)c2ccccc2)c1.Nc1ccccc1O.[Ti].[Ti]. The van der Waals surface area contributed by atoms with Crippen LogP contribution in [0, 0.1) is 0 Å². The Morgan fingerprint density at radius 1 is 0.514 bits per heavy atom. The van der Waals surface area contributed by atoms with Crippen LogP contribution in [0.5, 0.6) is 11.5 Å². The van der Waals surface area contributed by atoms with E-state index in [9.17, 15) is 5.11 Å². The molecule has 0 atom stereocenters. The standard InChI is InChI=1S/C24H26O.C6H7NO.2Ti/c1-23(2,18-11-7-5-8-12-18)20-15-16-22(25)21(17-20)24(3,4)19-13-9-6-10-14-19;7-5-3-1-2-4-6(5)8;;/h5-17,25H,1-4H3;1-4,8H,7H2;;. The molecule has 0 amide bonds. The molecule has 0 fully saturated rings. The Morgan fingerprint density at radius 3 is 1.43 bits per heavy atom. The summed E-state index contributed by atoms with van der Waals surface area (Å²) in [4.78, 5) is 0. The van der Waals surface area contributed by atoms with Crippen molar-refractivity contribution in [3.8, 4) is 11.5 Å². The summed E-state index contributed by atoms with van der Waals surface area (Å²) >= 11 is 0. The smallest absolute Gasteiger partial charge is 0.138 e. The van der Waals surface area contributed by atoms with E-state index in [4.69, 9.17) is 10.8 Å². The molecule has 0 aliphatic carbocycles. The van der Waals surface area contributed by atoms with Gasteiger partial charge in [0.2, 0.25) is 0 Å². The number of phenols is 2. The predicted octanol–water partition coefficient (Wildman–Crippen LogP) is 7.01. The summed E-state index contributed by atoms with van der Waals surface area (Å²) in [6.07, 6.45) is 0. The van der Waals surface area contributed by atoms with Gasteiger partial charge in [-0.05, 0) is 34.9 Å². The number of hydrogen-bond donors (Lipinski definition) is 3. The molecule has 0 radical (unpaired) electrons. The van der Waals surface area contributed by atoms with Gasteiger partial charge in [0.1, 0.15) is 11.5 Å². The van der Waals surface area contributed by atoms with Crippen LogP contribution in [0.2, 0.25) is 0 Å². The maximum Gasteiger partial charge on any atom is 0.138 e. The molecule has 4 rings (SSSR count). The molecule has 3 nitrogen and oxygen atoms in total. The molecular formula is C30H33NO2Ti2. The number of phenolic OH excluding ortho intramolecular Hbond substituents is 2. The second-order valence-corrected chi connectivity index (χ2v) is 9.27. The maximum atomic E-state index is 10.6. The van der Waals surface area contributed by atoms with Crippen LogP contribution in [-0.2, 0) is 54.3 Å². The zero-order valence-electron chi connectivity index (χ0n) is 20.8. The number of nitrogen functional groups attached to an aromatic ring is 1. The molecule has 4 aromatic rings. The minimum absolute atomic E-state index is 0. The number of anilines is 1. The molecule has 178 valence electrons. The minimum Gasteiger partial charge on any atom is -0.508 e. The van der Waals surface area contributed by atoms with Crippen molar-refractivity contribution in [1.29, 1.82) is 0 Å². The molecular weight excluding hydrogens is 502 g/mol. The summed E-state index contributed by atoms with van der Waals surface area (Å²) in [6.45, 7) is 8.79. The molecule has 0 bridgehead atoms. The van der Waals surface area contributed by atoms with Crippen molar-refractivity contribution in [3.63, 3.8) is 0 Å². The molecule has 5 heteroatoms. The summed E-state index contributed by atoms with van der Waals surface area (Å²) in [5.74, 6) is 0.494. The van der Waals surface area contributed by atoms with Gasteiger partial charge in [0.25, 0.3) is 0 Å². The van der Waals surface area contributed by atoms with Crippen molar-refractivity contribution in [2.75, 3.05) is 5.73 Å². The van der Waals surface area contributed by atoms with Crippen LogP contribution in [0.4, 0.5) is 5.69 Å². The van der Waals surface area contributed by atoms with Crippen molar-refractivity contribution in [3.05, 3.63) is 125 Å². The van der Waals surface area contributed by atoms with Gasteiger partial charge in [-0.2, -0.15) is 0 Å². The van der Waals surface area contributed by atoms with Crippen LogP contribution in [0.15, 0.2) is 103 Å². The topological polar surface area (TPSA) is 66.5 Å². The second-order valence-electron chi connectivity index (χ2n) is 9.27. The number of para-hydroxylation sites is 2. The summed E-state index contributed by atoms with van der Waals surface area (Å²) in [5.41, 5.74) is 9.92. The van der Waals surface area contributed by atoms with Gasteiger partial charge >= 0.3 is 0 Å². The number of benzene rings is 4. The van der Waals surface area contributed by atoms with Crippen LogP contribution in [-0.4, -0.2) is 10.2 Å². The molecule has 0 aromatic heterocycles. The fourth-order valence-electron chi connectivity index (χ4n) is 3.94. The molecule has 0 aliphatic heterocycles. The Balaban J connectivity index is 0.000000524. The molecule has 0 aliphatic rings. The van der Waals surface area contributed by atoms with E-state index in [1.165, 1.54) is 16.7 Å². The number of nitrogens with two attached hydrogens (primary N) is 1. The monoisotopic (exact) mass is 535 g/mol. The van der Waals surface area contributed by atoms with E-state index >= 15 is 0 Å². The summed E-state index contributed by atoms with van der Waals surface area (Å²) in [6, 6.07) is 33.6. The average Bonchev–Trinajstić information content (AvgIpc) is 2.82. The zero-order valence-corrected chi connectivity index (χ0v) is 23.9. The Morgan fingerprint density at radius 2 is 0.971 bits per heavy atom. The van der Waals surface area contributed by atoms with Gasteiger partial charge in [-0.3, -0.25) is 0 Å². The first-order valence-corrected chi connectivity index (χ1v) is 11.1. The van der Waals surface area contributed by atoms with Crippen LogP contribution in [0.1, 0.15) is 49.9 Å². The van der Waals surface area contributed by atoms with Crippen molar-refractivity contribution >= 4 is 5.69 Å². The van der Waals surface area contributed by atoms with Crippen LogP contribution in [0.3, 0.4) is 0 Å². The largest absolute Gasteiger partial charge is 0.508 e. The quantitative estimate of drug-likeness (QED) is 0.150. The van der Waals surface area contributed by atoms with E-state index in [0.717, 1.165) is 5.56 Å². The van der Waals surface area contributed by atoms with Gasteiger partial charge in [-0.1, -0.05) is 113 Å². The molecule has 0 unspecified atom stereocenters. The van der Waals surface area contributed by atoms with Crippen LogP contribution < -0.4 is 5.73 Å². The summed E-state index contributed by atoms with van der Waals surface area (Å²) in [5, 5.41) is 19.4. The third-order valence-corrected chi connectivity index (χ3v) is 6.32. The van der Waals surface area contributed by atoms with Crippen molar-refractivity contribution in [2.24, 2.45) is 0 Å². The Bertz CT molecular complexity index is 1170. The van der Waals surface area contributed by atoms with Gasteiger partial charge in [0, 0.05) is 59.8 Å². The van der Waals surface area contributed by atoms with E-state index in [0.29, 0.717) is 11.4 Å². The summed E-state index contributed by atoms with van der Waals surface area (Å²) in [7, 11) is 0. The van der Waals surface area contributed by atoms with Crippen molar-refractivity contribution in [2.45, 2.75) is 38.5 Å². The molecule has 35 heavy (non-hydrogen) atoms. The van der Waals surface area contributed by atoms with Gasteiger partial charge in [0.05, 0.1) is 5.69 Å². The normalized spacial score (nSPS) is 10.7. The first-order valence-electron chi connectivity index (χ1n) is 11.1. The Labute approximate surface area is 239 Å².